The van der Waals surface area contributed by atoms with Gasteiger partial charge in [0.25, 0.3) is 11.1 Å². The van der Waals surface area contributed by atoms with Crippen molar-refractivity contribution in [2.24, 2.45) is 5.92 Å². The summed E-state index contributed by atoms with van der Waals surface area (Å²) in [7, 11) is 0. The molecule has 0 aliphatic heterocycles. The molecule has 0 bridgehead atoms. The van der Waals surface area contributed by atoms with Gasteiger partial charge in [-0.2, -0.15) is 0 Å². The van der Waals surface area contributed by atoms with Crippen LogP contribution in [0.15, 0.2) is 33.9 Å². The zero-order valence-corrected chi connectivity index (χ0v) is 13.1. The second-order valence-corrected chi connectivity index (χ2v) is 6.10. The van der Waals surface area contributed by atoms with Crippen LogP contribution in [0, 0.1) is 12.8 Å². The van der Waals surface area contributed by atoms with Crippen molar-refractivity contribution < 1.29 is 10.2 Å². The number of nitrogens with zero attached hydrogens (tertiary/aromatic N) is 2. The van der Waals surface area contributed by atoms with Gasteiger partial charge in [-0.3, -0.25) is 0 Å². The van der Waals surface area contributed by atoms with Crippen molar-refractivity contribution in [3.63, 3.8) is 0 Å². The average molecular weight is 292 g/mol. The largest absolute Gasteiger partial charge is 0.410 e. The normalized spacial score (nSPS) is 14.2. The lowest BCUT2D eigenvalue weighted by Gasteiger charge is -2.09. The highest BCUT2D eigenvalue weighted by atomic mass is 32.2. The molecule has 2 rings (SSSR count). The van der Waals surface area contributed by atoms with Crippen LogP contribution in [0.3, 0.4) is 0 Å². The molecule has 5 heteroatoms. The summed E-state index contributed by atoms with van der Waals surface area (Å²) >= 11 is 1.57. The summed E-state index contributed by atoms with van der Waals surface area (Å²) in [5, 5.41) is 8.83. The lowest BCUT2D eigenvalue weighted by atomic mass is 10.0. The molecule has 4 nitrogen and oxygen atoms in total. The molecule has 0 aliphatic rings. The minimum Gasteiger partial charge on any atom is -0.410 e. The first-order chi connectivity index (χ1) is 9.60. The van der Waals surface area contributed by atoms with Crippen molar-refractivity contribution in [3.05, 3.63) is 41.3 Å². The lowest BCUT2D eigenvalue weighted by molar-refractivity contribution is -0.444. The fourth-order valence-corrected chi connectivity index (χ4v) is 2.51. The average Bonchev–Trinajstić information content (AvgIpc) is 2.94. The third-order valence-corrected chi connectivity index (χ3v) is 4.44. The summed E-state index contributed by atoms with van der Waals surface area (Å²) in [6, 6.07) is 8.56. The Morgan fingerprint density at radius 2 is 1.95 bits per heavy atom. The maximum Gasteiger partial charge on any atom is 0.277 e. The van der Waals surface area contributed by atoms with Crippen molar-refractivity contribution in [2.75, 3.05) is 0 Å². The van der Waals surface area contributed by atoms with Crippen molar-refractivity contribution in [3.8, 4) is 0 Å². The first-order valence-corrected chi connectivity index (χ1v) is 7.93. The highest BCUT2D eigenvalue weighted by Crippen LogP contribution is 2.25. The molecule has 0 amide bonds. The molecular weight excluding hydrogens is 270 g/mol. The zero-order valence-electron chi connectivity index (χ0n) is 12.3. The van der Waals surface area contributed by atoms with Gasteiger partial charge in [0.15, 0.2) is 6.04 Å². The number of aromatic nitrogens is 2. The van der Waals surface area contributed by atoms with Crippen LogP contribution in [0.1, 0.15) is 43.3 Å². The second-order valence-electron chi connectivity index (χ2n) is 5.17. The lowest BCUT2D eigenvalue weighted by Crippen LogP contribution is -2.56. The molecule has 0 unspecified atom stereocenters. The van der Waals surface area contributed by atoms with Gasteiger partial charge in [-0.25, -0.2) is 0 Å². The fourth-order valence-electron chi connectivity index (χ4n) is 1.79. The maximum absolute atomic E-state index is 5.69. The van der Waals surface area contributed by atoms with E-state index in [1.54, 1.807) is 11.8 Å². The quantitative estimate of drug-likeness (QED) is 0.831. The second kappa shape index (κ2) is 6.90. The van der Waals surface area contributed by atoms with E-state index < -0.39 is 0 Å². The van der Waals surface area contributed by atoms with Crippen LogP contribution >= 0.6 is 11.8 Å². The maximum atomic E-state index is 5.69. The molecule has 1 aromatic carbocycles. The van der Waals surface area contributed by atoms with Gasteiger partial charge < -0.3 is 10.2 Å². The van der Waals surface area contributed by atoms with Gasteiger partial charge in [-0.05, 0) is 18.9 Å². The van der Waals surface area contributed by atoms with Crippen LogP contribution < -0.4 is 5.73 Å². The highest BCUT2D eigenvalue weighted by Gasteiger charge is 2.23. The molecule has 108 valence electrons. The molecule has 2 aromatic rings. The minimum absolute atomic E-state index is 0.0706. The molecule has 1 aromatic heterocycles. The van der Waals surface area contributed by atoms with Crippen LogP contribution in [0.25, 0.3) is 0 Å². The van der Waals surface area contributed by atoms with Crippen LogP contribution in [-0.4, -0.2) is 10.2 Å². The molecule has 3 N–H and O–H groups in total. The fraction of sp³-hybridized carbons (Fsp3) is 0.467. The Balaban J connectivity index is 1.94. The van der Waals surface area contributed by atoms with Crippen molar-refractivity contribution in [1.29, 1.82) is 0 Å². The van der Waals surface area contributed by atoms with Crippen LogP contribution in [0.5, 0.6) is 0 Å². The molecule has 2 atom stereocenters. The Morgan fingerprint density at radius 1 is 1.25 bits per heavy atom. The molecule has 0 spiro atoms. The van der Waals surface area contributed by atoms with Crippen LogP contribution in [0.2, 0.25) is 0 Å². The molecule has 20 heavy (non-hydrogen) atoms. The Hall–Kier alpha value is -1.33. The van der Waals surface area contributed by atoms with Crippen LogP contribution in [-0.2, 0) is 5.75 Å². The predicted molar refractivity (Wildman–Crippen MR) is 80.1 cm³/mol. The van der Waals surface area contributed by atoms with E-state index in [9.17, 15) is 0 Å². The van der Waals surface area contributed by atoms with Gasteiger partial charge in [0.1, 0.15) is 0 Å². The molecule has 0 saturated carbocycles. The van der Waals surface area contributed by atoms with Gasteiger partial charge in [0.2, 0.25) is 0 Å². The number of quaternary nitrogens is 1. The summed E-state index contributed by atoms with van der Waals surface area (Å²) in [6.45, 7) is 6.39. The van der Waals surface area contributed by atoms with Gasteiger partial charge in [0, 0.05) is 11.7 Å². The van der Waals surface area contributed by atoms with E-state index >= 15 is 0 Å². The topological polar surface area (TPSA) is 66.6 Å². The van der Waals surface area contributed by atoms with E-state index in [-0.39, 0.29) is 6.04 Å². The first kappa shape index (κ1) is 15.1. The van der Waals surface area contributed by atoms with Crippen molar-refractivity contribution in [2.45, 2.75) is 44.2 Å². The number of hydrogen-bond donors (Lipinski definition) is 1. The zero-order chi connectivity index (χ0) is 14.5. The predicted octanol–water partition coefficient (Wildman–Crippen LogP) is 3.00. The minimum atomic E-state index is 0.0706. The molecule has 0 saturated heterocycles. The van der Waals surface area contributed by atoms with E-state index in [0.29, 0.717) is 17.0 Å². The van der Waals surface area contributed by atoms with E-state index in [1.165, 1.54) is 11.1 Å². The molecule has 0 fully saturated rings. The Morgan fingerprint density at radius 3 is 2.60 bits per heavy atom. The Bertz CT molecular complexity index is 538. The number of hydrogen-bond acceptors (Lipinski definition) is 4. The molecule has 0 aliphatic carbocycles. The number of aryl methyl sites for hydroxylation is 1. The monoisotopic (exact) mass is 292 g/mol. The smallest absolute Gasteiger partial charge is 0.277 e. The number of benzene rings is 1. The summed E-state index contributed by atoms with van der Waals surface area (Å²) in [4.78, 5) is 0. The van der Waals surface area contributed by atoms with E-state index in [0.717, 1.165) is 12.2 Å². The van der Waals surface area contributed by atoms with E-state index in [4.69, 9.17) is 4.42 Å². The van der Waals surface area contributed by atoms with E-state index in [2.05, 4.69) is 61.0 Å². The Kier molecular flexibility index (Phi) is 5.20. The number of thioether (sulfide) groups is 1. The molecule has 1 heterocycles. The third-order valence-electron chi connectivity index (χ3n) is 3.55. The van der Waals surface area contributed by atoms with Gasteiger partial charge in [-0.15, -0.1) is 10.2 Å². The van der Waals surface area contributed by atoms with Crippen LogP contribution in [0.4, 0.5) is 0 Å². The van der Waals surface area contributed by atoms with Crippen molar-refractivity contribution in [1.82, 2.24) is 10.2 Å². The number of rotatable bonds is 6. The molecule has 0 radical (unpaired) electrons. The van der Waals surface area contributed by atoms with Gasteiger partial charge in [-0.1, -0.05) is 55.4 Å². The summed E-state index contributed by atoms with van der Waals surface area (Å²) in [5.41, 5.74) is 6.64. The Labute approximate surface area is 124 Å². The standard InChI is InChI=1S/C15H21N3OS/c1-4-11(3)13(16)14-17-18-15(19-14)20-9-12-7-5-10(2)6-8-12/h5-8,11,13H,4,9,16H2,1-3H3/p+1/t11-,13+/m1/s1. The van der Waals surface area contributed by atoms with E-state index in [1.807, 2.05) is 0 Å². The van der Waals surface area contributed by atoms with Gasteiger partial charge in [0.05, 0.1) is 0 Å². The summed E-state index contributed by atoms with van der Waals surface area (Å²) in [6.07, 6.45) is 1.06. The summed E-state index contributed by atoms with van der Waals surface area (Å²) in [5.74, 6) is 1.93. The SMILES string of the molecule is CC[C@@H](C)[C@H]([NH3+])c1nnc(SCc2ccc(C)cc2)o1. The van der Waals surface area contributed by atoms with Gasteiger partial charge >= 0.3 is 0 Å². The first-order valence-electron chi connectivity index (χ1n) is 6.95. The highest BCUT2D eigenvalue weighted by molar-refractivity contribution is 7.98. The molecular formula is C15H22N3OS+. The third kappa shape index (κ3) is 3.84. The van der Waals surface area contributed by atoms with Crippen molar-refractivity contribution >= 4 is 11.8 Å². The summed E-state index contributed by atoms with van der Waals surface area (Å²) < 4.78 is 5.69.